The zero-order valence-corrected chi connectivity index (χ0v) is 23.7. The molecule has 39 heavy (non-hydrogen) atoms. The van der Waals surface area contributed by atoms with Gasteiger partial charge in [-0.1, -0.05) is 84.5 Å². The molecular weight excluding hydrogens is 474 g/mol. The van der Waals surface area contributed by atoms with E-state index in [0.717, 1.165) is 32.1 Å². The summed E-state index contributed by atoms with van der Waals surface area (Å²) in [5, 5.41) is 11.2. The molecule has 0 aromatic heterocycles. The molecule has 4 aliphatic rings. The SMILES string of the molecule is CN/C=C\CCCC1=CCC(NC2CC=CC(NC3=CC(c4ccccc4)CCC3)=C2C2C=CC=CC2)CC1. The summed E-state index contributed by atoms with van der Waals surface area (Å²) in [4.78, 5) is 0. The first-order valence-corrected chi connectivity index (χ1v) is 15.3. The average Bonchev–Trinajstić information content (AvgIpc) is 2.99. The summed E-state index contributed by atoms with van der Waals surface area (Å²) in [7, 11) is 1.96. The summed E-state index contributed by atoms with van der Waals surface area (Å²) in [6.07, 6.45) is 36.3. The Morgan fingerprint density at radius 2 is 1.87 bits per heavy atom. The molecule has 0 radical (unpaired) electrons. The molecule has 3 N–H and O–H groups in total. The highest BCUT2D eigenvalue weighted by molar-refractivity contribution is 5.40. The Balaban J connectivity index is 1.28. The van der Waals surface area contributed by atoms with E-state index in [1.165, 1.54) is 55.5 Å². The van der Waals surface area contributed by atoms with Crippen molar-refractivity contribution in [2.24, 2.45) is 5.92 Å². The van der Waals surface area contributed by atoms with Crippen LogP contribution in [0.15, 0.2) is 114 Å². The van der Waals surface area contributed by atoms with Crippen LogP contribution in [0.25, 0.3) is 0 Å². The van der Waals surface area contributed by atoms with Gasteiger partial charge in [-0.05, 0) is 94.0 Å². The lowest BCUT2D eigenvalue weighted by Crippen LogP contribution is -2.43. The summed E-state index contributed by atoms with van der Waals surface area (Å²) in [6.45, 7) is 0. The highest BCUT2D eigenvalue weighted by atomic mass is 15.0. The molecule has 0 aliphatic heterocycles. The fourth-order valence-corrected chi connectivity index (χ4v) is 6.64. The molecule has 1 aromatic carbocycles. The molecular formula is C36H47N3. The first kappa shape index (κ1) is 27.5. The molecule has 5 rings (SSSR count). The van der Waals surface area contributed by atoms with Gasteiger partial charge in [0.25, 0.3) is 0 Å². The second-order valence-corrected chi connectivity index (χ2v) is 11.5. The topological polar surface area (TPSA) is 36.1 Å². The predicted molar refractivity (Wildman–Crippen MR) is 166 cm³/mol. The number of hydrogen-bond acceptors (Lipinski definition) is 3. The van der Waals surface area contributed by atoms with Gasteiger partial charge in [0.15, 0.2) is 0 Å². The normalized spacial score (nSPS) is 27.0. The van der Waals surface area contributed by atoms with Gasteiger partial charge in [0.2, 0.25) is 0 Å². The second-order valence-electron chi connectivity index (χ2n) is 11.5. The fourth-order valence-electron chi connectivity index (χ4n) is 6.64. The molecule has 0 spiro atoms. The van der Waals surface area contributed by atoms with Crippen molar-refractivity contribution in [2.45, 2.75) is 88.6 Å². The number of allylic oxidation sites excluding steroid dienone is 9. The Morgan fingerprint density at radius 1 is 0.949 bits per heavy atom. The van der Waals surface area contributed by atoms with Crippen molar-refractivity contribution in [3.63, 3.8) is 0 Å². The van der Waals surface area contributed by atoms with Crippen molar-refractivity contribution in [3.8, 4) is 0 Å². The third-order valence-electron chi connectivity index (χ3n) is 8.70. The maximum Gasteiger partial charge on any atom is 0.0392 e. The van der Waals surface area contributed by atoms with Crippen LogP contribution < -0.4 is 16.0 Å². The standard InChI is InChI=1S/C36H47N3/c1-37-26-10-4-5-13-28-22-24-32(25-23-28)38-34-20-12-21-35(36(34)30-16-8-3-9-17-30)39-33-19-11-18-31(27-33)29-14-6-2-7-15-29/h2-3,6-10,12,14-16,21-22,26-27,30-32,34,37-39H,4-5,11,13,17-20,23-25H2,1H3/b26-10-. The predicted octanol–water partition coefficient (Wildman–Crippen LogP) is 8.11. The molecule has 0 heterocycles. The van der Waals surface area contributed by atoms with Crippen LogP contribution in [0.3, 0.4) is 0 Å². The molecule has 0 bridgehead atoms. The lowest BCUT2D eigenvalue weighted by Gasteiger charge is -2.36. The maximum atomic E-state index is 4.12. The van der Waals surface area contributed by atoms with E-state index in [0.29, 0.717) is 23.9 Å². The molecule has 4 unspecified atom stereocenters. The quantitative estimate of drug-likeness (QED) is 0.203. The zero-order chi connectivity index (χ0) is 26.7. The van der Waals surface area contributed by atoms with Crippen molar-refractivity contribution in [3.05, 3.63) is 119 Å². The van der Waals surface area contributed by atoms with Crippen LogP contribution in [0.5, 0.6) is 0 Å². The van der Waals surface area contributed by atoms with Gasteiger partial charge in [0.05, 0.1) is 0 Å². The van der Waals surface area contributed by atoms with Crippen molar-refractivity contribution >= 4 is 0 Å². The van der Waals surface area contributed by atoms with E-state index in [9.17, 15) is 0 Å². The van der Waals surface area contributed by atoms with Crippen molar-refractivity contribution in [1.29, 1.82) is 0 Å². The van der Waals surface area contributed by atoms with E-state index in [1.54, 1.807) is 11.1 Å². The molecule has 4 aliphatic carbocycles. The molecule has 0 fully saturated rings. The van der Waals surface area contributed by atoms with Gasteiger partial charge in [0, 0.05) is 42.4 Å². The van der Waals surface area contributed by atoms with Crippen LogP contribution in [0.4, 0.5) is 0 Å². The summed E-state index contributed by atoms with van der Waals surface area (Å²) < 4.78 is 0. The van der Waals surface area contributed by atoms with Gasteiger partial charge in [-0.15, -0.1) is 0 Å². The number of nitrogens with one attached hydrogen (secondary N) is 3. The average molecular weight is 522 g/mol. The summed E-state index contributed by atoms with van der Waals surface area (Å²) in [6, 6.07) is 12.0. The van der Waals surface area contributed by atoms with Gasteiger partial charge < -0.3 is 16.0 Å². The minimum Gasteiger partial charge on any atom is -0.394 e. The minimum atomic E-state index is 0.388. The van der Waals surface area contributed by atoms with Crippen LogP contribution in [0.2, 0.25) is 0 Å². The summed E-state index contributed by atoms with van der Waals surface area (Å²) in [5.41, 5.74) is 7.35. The highest BCUT2D eigenvalue weighted by Crippen LogP contribution is 2.35. The third-order valence-corrected chi connectivity index (χ3v) is 8.70. The van der Waals surface area contributed by atoms with Crippen molar-refractivity contribution in [2.75, 3.05) is 7.05 Å². The van der Waals surface area contributed by atoms with E-state index >= 15 is 0 Å². The van der Waals surface area contributed by atoms with E-state index in [2.05, 4.69) is 101 Å². The van der Waals surface area contributed by atoms with E-state index in [-0.39, 0.29) is 0 Å². The third kappa shape index (κ3) is 7.76. The molecule has 0 saturated heterocycles. The zero-order valence-electron chi connectivity index (χ0n) is 23.7. The Bertz CT molecular complexity index is 1150. The Morgan fingerprint density at radius 3 is 2.67 bits per heavy atom. The van der Waals surface area contributed by atoms with Crippen LogP contribution in [0.1, 0.15) is 82.1 Å². The number of hydrogen-bond donors (Lipinski definition) is 3. The molecule has 0 amide bonds. The first-order valence-electron chi connectivity index (χ1n) is 15.3. The smallest absolute Gasteiger partial charge is 0.0392 e. The molecule has 1 aromatic rings. The number of unbranched alkanes of at least 4 members (excludes halogenated alkanes) is 1. The molecule has 206 valence electrons. The monoisotopic (exact) mass is 521 g/mol. The van der Waals surface area contributed by atoms with Crippen LogP contribution in [0, 0.1) is 5.92 Å². The Hall–Kier alpha value is -3.04. The first-order chi connectivity index (χ1) is 19.3. The summed E-state index contributed by atoms with van der Waals surface area (Å²) in [5.74, 6) is 0.961. The highest BCUT2D eigenvalue weighted by Gasteiger charge is 2.29. The minimum absolute atomic E-state index is 0.388. The van der Waals surface area contributed by atoms with Gasteiger partial charge in [-0.25, -0.2) is 0 Å². The lowest BCUT2D eigenvalue weighted by molar-refractivity contribution is 0.404. The molecule has 3 nitrogen and oxygen atoms in total. The van der Waals surface area contributed by atoms with Gasteiger partial charge in [0.1, 0.15) is 0 Å². The summed E-state index contributed by atoms with van der Waals surface area (Å²) >= 11 is 0. The van der Waals surface area contributed by atoms with Crippen molar-refractivity contribution in [1.82, 2.24) is 16.0 Å². The van der Waals surface area contributed by atoms with E-state index in [1.807, 2.05) is 13.2 Å². The van der Waals surface area contributed by atoms with E-state index < -0.39 is 0 Å². The molecule has 0 saturated carbocycles. The van der Waals surface area contributed by atoms with Gasteiger partial charge >= 0.3 is 0 Å². The fraction of sp³-hybridized carbons (Fsp3) is 0.444. The molecule has 3 heteroatoms. The number of benzene rings is 1. The van der Waals surface area contributed by atoms with Crippen LogP contribution >= 0.6 is 0 Å². The Kier molecular flexibility index (Phi) is 10.1. The maximum absolute atomic E-state index is 4.12. The van der Waals surface area contributed by atoms with Gasteiger partial charge in [-0.3, -0.25) is 0 Å². The largest absolute Gasteiger partial charge is 0.394 e. The Labute approximate surface area is 236 Å². The van der Waals surface area contributed by atoms with Crippen LogP contribution in [-0.4, -0.2) is 19.1 Å². The number of rotatable bonds is 11. The van der Waals surface area contributed by atoms with Crippen molar-refractivity contribution < 1.29 is 0 Å². The second kappa shape index (κ2) is 14.4. The van der Waals surface area contributed by atoms with Crippen LogP contribution in [-0.2, 0) is 0 Å². The van der Waals surface area contributed by atoms with E-state index in [4.69, 9.17) is 0 Å². The molecule has 4 atom stereocenters. The lowest BCUT2D eigenvalue weighted by atomic mass is 9.81. The van der Waals surface area contributed by atoms with Gasteiger partial charge in [-0.2, -0.15) is 0 Å².